The van der Waals surface area contributed by atoms with Gasteiger partial charge >= 0.3 is 0 Å². The maximum atomic E-state index is 5.36. The minimum atomic E-state index is 0.226. The molecule has 1 aliphatic rings. The largest absolute Gasteiger partial charge is 0.497 e. The Morgan fingerprint density at radius 3 is 3.00 bits per heavy atom. The number of methoxy groups -OCH3 is 1. The molecule has 3 rings (SSSR count). The lowest BCUT2D eigenvalue weighted by Gasteiger charge is -2.03. The van der Waals surface area contributed by atoms with Crippen LogP contribution in [0.2, 0.25) is 0 Å². The number of hydrogen-bond donors (Lipinski definition) is 1. The Kier molecular flexibility index (Phi) is 3.21. The van der Waals surface area contributed by atoms with E-state index in [1.165, 1.54) is 0 Å². The molecule has 0 amide bonds. The van der Waals surface area contributed by atoms with E-state index >= 15 is 0 Å². The first-order valence-electron chi connectivity index (χ1n) is 6.49. The summed E-state index contributed by atoms with van der Waals surface area (Å²) in [5.41, 5.74) is 2.00. The Balaban J connectivity index is 1.91. The minimum absolute atomic E-state index is 0.226. The van der Waals surface area contributed by atoms with Gasteiger partial charge in [-0.15, -0.1) is 0 Å². The van der Waals surface area contributed by atoms with Crippen molar-refractivity contribution in [2.24, 2.45) is 0 Å². The predicted molar refractivity (Wildman–Crippen MR) is 71.0 cm³/mol. The lowest BCUT2D eigenvalue weighted by atomic mass is 10.1. The van der Waals surface area contributed by atoms with Crippen molar-refractivity contribution in [2.45, 2.75) is 25.8 Å². The molecule has 1 aromatic heterocycles. The standard InChI is InChI=1S/C14H17N3O2/c1-9-6-10(8-11(7-9)18-2)14-16-13(17-19-14)12-4-3-5-15-12/h6-8,12,15H,3-5H2,1-2H3/t12-/m0/s1. The van der Waals surface area contributed by atoms with E-state index in [0.717, 1.165) is 42.1 Å². The molecule has 2 heterocycles. The molecule has 1 atom stereocenters. The van der Waals surface area contributed by atoms with Crippen molar-refractivity contribution in [3.63, 3.8) is 0 Å². The molecule has 2 aromatic rings. The fraction of sp³-hybridized carbons (Fsp3) is 0.429. The number of nitrogens with zero attached hydrogens (tertiary/aromatic N) is 2. The van der Waals surface area contributed by atoms with Crippen LogP contribution in [-0.2, 0) is 0 Å². The summed E-state index contributed by atoms with van der Waals surface area (Å²) in [7, 11) is 1.65. The van der Waals surface area contributed by atoms with E-state index in [0.29, 0.717) is 5.89 Å². The summed E-state index contributed by atoms with van der Waals surface area (Å²) < 4.78 is 10.6. The zero-order valence-corrected chi connectivity index (χ0v) is 11.1. The third-order valence-corrected chi connectivity index (χ3v) is 3.35. The fourth-order valence-electron chi connectivity index (χ4n) is 2.39. The molecule has 0 radical (unpaired) electrons. The number of aromatic nitrogens is 2. The van der Waals surface area contributed by atoms with Crippen LogP contribution in [0, 0.1) is 6.92 Å². The third-order valence-electron chi connectivity index (χ3n) is 3.35. The SMILES string of the molecule is COc1cc(C)cc(-c2nc([C@@H]3CCCN3)no2)c1. The van der Waals surface area contributed by atoms with Crippen molar-refractivity contribution >= 4 is 0 Å². The van der Waals surface area contributed by atoms with Crippen LogP contribution in [0.3, 0.4) is 0 Å². The summed E-state index contributed by atoms with van der Waals surface area (Å²) in [5, 5.41) is 7.43. The molecule has 1 N–H and O–H groups in total. The second-order valence-corrected chi connectivity index (χ2v) is 4.85. The number of ether oxygens (including phenoxy) is 1. The molecule has 1 aromatic carbocycles. The molecule has 0 spiro atoms. The number of hydrogen-bond acceptors (Lipinski definition) is 5. The lowest BCUT2D eigenvalue weighted by Crippen LogP contribution is -2.14. The van der Waals surface area contributed by atoms with Crippen LogP contribution in [-0.4, -0.2) is 23.8 Å². The van der Waals surface area contributed by atoms with Crippen molar-refractivity contribution in [2.75, 3.05) is 13.7 Å². The lowest BCUT2D eigenvalue weighted by molar-refractivity contribution is 0.408. The van der Waals surface area contributed by atoms with Crippen LogP contribution in [0.25, 0.3) is 11.5 Å². The minimum Gasteiger partial charge on any atom is -0.497 e. The van der Waals surface area contributed by atoms with E-state index in [1.54, 1.807) is 7.11 Å². The zero-order chi connectivity index (χ0) is 13.2. The highest BCUT2D eigenvalue weighted by molar-refractivity contribution is 5.57. The molecule has 5 heteroatoms. The fourth-order valence-corrected chi connectivity index (χ4v) is 2.39. The molecule has 1 saturated heterocycles. The quantitative estimate of drug-likeness (QED) is 0.917. The Hall–Kier alpha value is -1.88. The highest BCUT2D eigenvalue weighted by Crippen LogP contribution is 2.27. The number of nitrogens with one attached hydrogen (secondary N) is 1. The van der Waals surface area contributed by atoms with Crippen LogP contribution in [0.5, 0.6) is 5.75 Å². The molecule has 0 saturated carbocycles. The summed E-state index contributed by atoms with van der Waals surface area (Å²) >= 11 is 0. The van der Waals surface area contributed by atoms with Crippen LogP contribution in [0.4, 0.5) is 0 Å². The Morgan fingerprint density at radius 2 is 2.26 bits per heavy atom. The van der Waals surface area contributed by atoms with Gasteiger partial charge in [-0.1, -0.05) is 5.16 Å². The zero-order valence-electron chi connectivity index (χ0n) is 11.1. The summed E-state index contributed by atoms with van der Waals surface area (Å²) in [6.45, 7) is 3.04. The number of benzene rings is 1. The molecule has 5 nitrogen and oxygen atoms in total. The van der Waals surface area contributed by atoms with Gasteiger partial charge in [0.25, 0.3) is 5.89 Å². The first kappa shape index (κ1) is 12.2. The van der Waals surface area contributed by atoms with E-state index in [4.69, 9.17) is 9.26 Å². The Bertz CT molecular complexity index is 574. The monoisotopic (exact) mass is 259 g/mol. The summed E-state index contributed by atoms with van der Waals surface area (Å²) in [6.07, 6.45) is 2.23. The van der Waals surface area contributed by atoms with Gasteiger partial charge in [-0.05, 0) is 50.1 Å². The predicted octanol–water partition coefficient (Wildman–Crippen LogP) is 2.48. The molecule has 1 fully saturated rings. The topological polar surface area (TPSA) is 60.2 Å². The van der Waals surface area contributed by atoms with Gasteiger partial charge in [0, 0.05) is 5.56 Å². The molecule has 19 heavy (non-hydrogen) atoms. The Labute approximate surface area is 112 Å². The van der Waals surface area contributed by atoms with Gasteiger partial charge in [0.1, 0.15) is 5.75 Å². The second-order valence-electron chi connectivity index (χ2n) is 4.85. The van der Waals surface area contributed by atoms with Gasteiger partial charge in [-0.25, -0.2) is 0 Å². The third kappa shape index (κ3) is 2.46. The highest BCUT2D eigenvalue weighted by atomic mass is 16.5. The molecular formula is C14H17N3O2. The average molecular weight is 259 g/mol. The summed E-state index contributed by atoms with van der Waals surface area (Å²) in [5.74, 6) is 2.09. The molecule has 100 valence electrons. The van der Waals surface area contributed by atoms with Crippen molar-refractivity contribution in [3.05, 3.63) is 29.6 Å². The van der Waals surface area contributed by atoms with Gasteiger partial charge < -0.3 is 14.6 Å². The first-order valence-corrected chi connectivity index (χ1v) is 6.49. The first-order chi connectivity index (χ1) is 9.26. The second kappa shape index (κ2) is 5.01. The molecule has 0 aliphatic carbocycles. The number of rotatable bonds is 3. The van der Waals surface area contributed by atoms with Gasteiger partial charge in [-0.2, -0.15) is 4.98 Å². The van der Waals surface area contributed by atoms with E-state index < -0.39 is 0 Å². The number of aryl methyl sites for hydroxylation is 1. The van der Waals surface area contributed by atoms with Gasteiger partial charge in [0.05, 0.1) is 13.2 Å². The van der Waals surface area contributed by atoms with Gasteiger partial charge in [0.15, 0.2) is 5.82 Å². The van der Waals surface area contributed by atoms with Gasteiger partial charge in [0.2, 0.25) is 0 Å². The molecule has 1 aliphatic heterocycles. The van der Waals surface area contributed by atoms with Crippen LogP contribution in [0.1, 0.15) is 30.3 Å². The molecular weight excluding hydrogens is 242 g/mol. The summed E-state index contributed by atoms with van der Waals surface area (Å²) in [4.78, 5) is 4.48. The average Bonchev–Trinajstić information content (AvgIpc) is 3.08. The van der Waals surface area contributed by atoms with Crippen molar-refractivity contribution in [3.8, 4) is 17.2 Å². The van der Waals surface area contributed by atoms with E-state index in [-0.39, 0.29) is 6.04 Å². The maximum Gasteiger partial charge on any atom is 0.258 e. The maximum absolute atomic E-state index is 5.36. The molecule has 0 unspecified atom stereocenters. The summed E-state index contributed by atoms with van der Waals surface area (Å²) in [6, 6.07) is 6.12. The highest BCUT2D eigenvalue weighted by Gasteiger charge is 2.22. The molecule has 0 bridgehead atoms. The van der Waals surface area contributed by atoms with Gasteiger partial charge in [-0.3, -0.25) is 0 Å². The van der Waals surface area contributed by atoms with Crippen molar-refractivity contribution in [1.29, 1.82) is 0 Å². The van der Waals surface area contributed by atoms with Crippen molar-refractivity contribution in [1.82, 2.24) is 15.5 Å². The van der Waals surface area contributed by atoms with E-state index in [2.05, 4.69) is 15.5 Å². The smallest absolute Gasteiger partial charge is 0.258 e. The van der Waals surface area contributed by atoms with E-state index in [9.17, 15) is 0 Å². The van der Waals surface area contributed by atoms with E-state index in [1.807, 2.05) is 25.1 Å². The van der Waals surface area contributed by atoms with Crippen LogP contribution < -0.4 is 10.1 Å². The van der Waals surface area contributed by atoms with Crippen molar-refractivity contribution < 1.29 is 9.26 Å². The normalized spacial score (nSPS) is 18.7. The Morgan fingerprint density at radius 1 is 1.37 bits per heavy atom. The van der Waals surface area contributed by atoms with Crippen LogP contribution in [0.15, 0.2) is 22.7 Å². The van der Waals surface area contributed by atoms with Crippen LogP contribution >= 0.6 is 0 Å².